The van der Waals surface area contributed by atoms with Crippen LogP contribution in [-0.2, 0) is 0 Å². The molecule has 0 fully saturated rings. The topological polar surface area (TPSA) is 117 Å². The molecule has 0 saturated heterocycles. The van der Waals surface area contributed by atoms with Gasteiger partial charge < -0.3 is 17.2 Å². The van der Waals surface area contributed by atoms with Crippen molar-refractivity contribution < 1.29 is 0 Å². The van der Waals surface area contributed by atoms with Crippen LogP contribution in [0.2, 0.25) is 0 Å². The molecule has 0 aromatic carbocycles. The van der Waals surface area contributed by atoms with Crippen LogP contribution in [0.5, 0.6) is 0 Å². The third-order valence-electron chi connectivity index (χ3n) is 0.687. The Kier molecular flexibility index (Phi) is 2.88. The van der Waals surface area contributed by atoms with Crippen molar-refractivity contribution in [2.45, 2.75) is 0 Å². The van der Waals surface area contributed by atoms with Crippen molar-refractivity contribution in [3.05, 3.63) is 0 Å². The Hall–Kier alpha value is -1.03. The van der Waals surface area contributed by atoms with Gasteiger partial charge in [-0.05, 0) is 0 Å². The number of rotatable bonds is 0. The fourth-order valence-electron chi connectivity index (χ4n) is 0.427. The Morgan fingerprint density at radius 2 is 0.900 bits per heavy atom. The Morgan fingerprint density at radius 1 is 0.700 bits per heavy atom. The first-order chi connectivity index (χ1) is 4.18. The van der Waals surface area contributed by atoms with Gasteiger partial charge in [-0.1, -0.05) is 0 Å². The summed E-state index contributed by atoms with van der Waals surface area (Å²) < 4.78 is 0. The number of aromatic nitrogens is 3. The van der Waals surface area contributed by atoms with Crippen LogP contribution >= 0.6 is 0 Å². The second kappa shape index (κ2) is 3.22. The van der Waals surface area contributed by atoms with Crippen LogP contribution in [0.1, 0.15) is 0 Å². The van der Waals surface area contributed by atoms with Crippen molar-refractivity contribution in [2.75, 3.05) is 17.2 Å². The molecule has 0 saturated carbocycles. The van der Waals surface area contributed by atoms with E-state index in [0.717, 1.165) is 0 Å². The molecular formula is C3H9AsN6. The number of anilines is 3. The summed E-state index contributed by atoms with van der Waals surface area (Å²) in [6, 6.07) is 0. The summed E-state index contributed by atoms with van der Waals surface area (Å²) in [7, 11) is 0. The van der Waals surface area contributed by atoms with Gasteiger partial charge in [0.05, 0.1) is 0 Å². The van der Waals surface area contributed by atoms with Gasteiger partial charge in [-0.3, -0.25) is 0 Å². The van der Waals surface area contributed by atoms with E-state index in [2.05, 4.69) is 15.0 Å². The molecule has 0 aliphatic carbocycles. The molecular weight excluding hydrogens is 195 g/mol. The van der Waals surface area contributed by atoms with Gasteiger partial charge in [-0.2, -0.15) is 15.0 Å². The van der Waals surface area contributed by atoms with E-state index in [0.29, 0.717) is 0 Å². The standard InChI is InChI=1S/C3H6N6.AsH3/c4-1-7-2(5)9-3(6)8-1;/h(H6,4,5,6,7,8,9);1H3. The van der Waals surface area contributed by atoms with E-state index in [-0.39, 0.29) is 35.8 Å². The van der Waals surface area contributed by atoms with Crippen LogP contribution in [0.25, 0.3) is 0 Å². The molecule has 1 aromatic rings. The van der Waals surface area contributed by atoms with Crippen molar-refractivity contribution >= 4 is 35.8 Å². The molecule has 10 heavy (non-hydrogen) atoms. The molecule has 1 heterocycles. The third-order valence-corrected chi connectivity index (χ3v) is 0.687. The molecule has 6 N–H and O–H groups in total. The summed E-state index contributed by atoms with van der Waals surface area (Å²) in [6.45, 7) is 0. The van der Waals surface area contributed by atoms with Gasteiger partial charge in [0.2, 0.25) is 17.8 Å². The zero-order valence-corrected chi connectivity index (χ0v) is 8.25. The van der Waals surface area contributed by atoms with Crippen LogP contribution in [0, 0.1) is 0 Å². The number of hydrogen-bond donors (Lipinski definition) is 3. The zero-order valence-electron chi connectivity index (χ0n) is 5.28. The molecule has 1 rings (SSSR count). The number of nitrogens with zero attached hydrogens (tertiary/aromatic N) is 3. The summed E-state index contributed by atoms with van der Waals surface area (Å²) in [5.74, 6) is 0.125. The fourth-order valence-corrected chi connectivity index (χ4v) is 0.427. The first kappa shape index (κ1) is 8.97. The van der Waals surface area contributed by atoms with Crippen LogP contribution in [0.4, 0.5) is 17.8 Å². The SMILES string of the molecule is Nc1nc(N)nc(N)n1.[AsH3]. The zero-order chi connectivity index (χ0) is 6.85. The molecule has 0 radical (unpaired) electrons. The fraction of sp³-hybridized carbons (Fsp3) is 0. The molecule has 0 aliphatic rings. The number of nitrogen functional groups attached to an aromatic ring is 3. The number of hydrogen-bond acceptors (Lipinski definition) is 6. The van der Waals surface area contributed by atoms with E-state index in [1.807, 2.05) is 0 Å². The normalized spacial score (nSPS) is 8.40. The van der Waals surface area contributed by atoms with Crippen LogP contribution < -0.4 is 17.2 Å². The van der Waals surface area contributed by atoms with Crippen LogP contribution in [0.15, 0.2) is 0 Å². The number of nitrogens with two attached hydrogens (primary N) is 3. The molecule has 0 amide bonds. The third kappa shape index (κ3) is 2.06. The van der Waals surface area contributed by atoms with Gasteiger partial charge in [0.25, 0.3) is 0 Å². The van der Waals surface area contributed by atoms with E-state index in [4.69, 9.17) is 17.2 Å². The molecule has 1 atom stereocenters. The first-order valence-corrected chi connectivity index (χ1v) is 2.21. The van der Waals surface area contributed by atoms with Crippen molar-refractivity contribution in [1.29, 1.82) is 0 Å². The van der Waals surface area contributed by atoms with Gasteiger partial charge in [0, 0.05) is 0 Å². The molecule has 6 nitrogen and oxygen atoms in total. The van der Waals surface area contributed by atoms with Gasteiger partial charge in [-0.15, -0.1) is 0 Å². The summed E-state index contributed by atoms with van der Waals surface area (Å²) in [4.78, 5) is 10.5. The Bertz CT molecular complexity index is 174. The summed E-state index contributed by atoms with van der Waals surface area (Å²) in [6.07, 6.45) is 0. The maximum absolute atomic E-state index is 5.14. The van der Waals surface area contributed by atoms with E-state index in [1.165, 1.54) is 0 Å². The van der Waals surface area contributed by atoms with Gasteiger partial charge in [-0.25, -0.2) is 0 Å². The summed E-state index contributed by atoms with van der Waals surface area (Å²) in [5.41, 5.74) is 15.4. The predicted octanol–water partition coefficient (Wildman–Crippen LogP) is -2.57. The Balaban J connectivity index is 0.000000810. The van der Waals surface area contributed by atoms with Crippen LogP contribution in [-0.4, -0.2) is 32.9 Å². The van der Waals surface area contributed by atoms with Crippen LogP contribution in [0.3, 0.4) is 0 Å². The molecule has 56 valence electrons. The minimum atomic E-state index is 0. The second-order valence-corrected chi connectivity index (χ2v) is 1.41. The molecule has 1 unspecified atom stereocenters. The average molecular weight is 204 g/mol. The van der Waals surface area contributed by atoms with E-state index in [1.54, 1.807) is 0 Å². The molecule has 1 aromatic heterocycles. The molecule has 0 aliphatic heterocycles. The molecule has 7 heteroatoms. The van der Waals surface area contributed by atoms with Gasteiger partial charge >= 0.3 is 18.0 Å². The Morgan fingerprint density at radius 3 is 1.10 bits per heavy atom. The quantitative estimate of drug-likeness (QED) is 0.400. The summed E-state index contributed by atoms with van der Waals surface area (Å²) >= 11 is 0. The van der Waals surface area contributed by atoms with E-state index < -0.39 is 0 Å². The van der Waals surface area contributed by atoms with Crippen molar-refractivity contribution in [2.24, 2.45) is 0 Å². The second-order valence-electron chi connectivity index (χ2n) is 1.41. The monoisotopic (exact) mass is 204 g/mol. The average Bonchev–Trinajstić information content (AvgIpc) is 1.59. The van der Waals surface area contributed by atoms with Crippen molar-refractivity contribution in [1.82, 2.24) is 15.0 Å². The molecule has 0 bridgehead atoms. The van der Waals surface area contributed by atoms with E-state index in [9.17, 15) is 0 Å². The molecule has 0 spiro atoms. The summed E-state index contributed by atoms with van der Waals surface area (Å²) in [5, 5.41) is 0. The maximum atomic E-state index is 5.14. The van der Waals surface area contributed by atoms with Gasteiger partial charge in [0.15, 0.2) is 0 Å². The minimum absolute atomic E-state index is 0. The van der Waals surface area contributed by atoms with Crippen molar-refractivity contribution in [3.63, 3.8) is 0 Å². The predicted molar refractivity (Wildman–Crippen MR) is 43.0 cm³/mol. The Labute approximate surface area is 68.5 Å². The van der Waals surface area contributed by atoms with E-state index >= 15 is 0 Å². The van der Waals surface area contributed by atoms with Gasteiger partial charge in [0.1, 0.15) is 0 Å². The first-order valence-electron chi connectivity index (χ1n) is 2.21. The van der Waals surface area contributed by atoms with Crippen molar-refractivity contribution in [3.8, 4) is 0 Å².